The minimum atomic E-state index is -3.48. The van der Waals surface area contributed by atoms with Crippen molar-refractivity contribution in [3.05, 3.63) is 0 Å². The Morgan fingerprint density at radius 3 is 2.65 bits per heavy atom. The van der Waals surface area contributed by atoms with E-state index in [9.17, 15) is 13.2 Å². The largest absolute Gasteiger partial charge is 0.480 e. The highest BCUT2D eigenvalue weighted by Gasteiger charge is 2.20. The van der Waals surface area contributed by atoms with Crippen LogP contribution < -0.4 is 0 Å². The number of aliphatic carboxylic acids is 1. The fourth-order valence-corrected chi connectivity index (χ4v) is 3.66. The Kier molecular flexibility index (Phi) is 6.91. The normalized spacial score (nSPS) is 21.2. The van der Waals surface area contributed by atoms with Crippen LogP contribution in [0.4, 0.5) is 0 Å². The summed E-state index contributed by atoms with van der Waals surface area (Å²) >= 11 is 0. The molecule has 0 amide bonds. The molecule has 6 nitrogen and oxygen atoms in total. The van der Waals surface area contributed by atoms with E-state index in [0.717, 1.165) is 19.5 Å². The van der Waals surface area contributed by atoms with Crippen LogP contribution in [0.3, 0.4) is 0 Å². The third kappa shape index (κ3) is 6.67. The molecule has 1 aliphatic rings. The Bertz CT molecular complexity index is 411. The molecule has 0 aliphatic carbocycles. The minimum Gasteiger partial charge on any atom is -0.480 e. The first-order chi connectivity index (χ1) is 9.30. The van der Waals surface area contributed by atoms with Gasteiger partial charge < -0.3 is 14.9 Å². The maximum atomic E-state index is 11.5. The van der Waals surface area contributed by atoms with E-state index in [0.29, 0.717) is 12.6 Å². The Morgan fingerprint density at radius 1 is 1.35 bits per heavy atom. The molecule has 1 heterocycles. The van der Waals surface area contributed by atoms with Gasteiger partial charge in [-0.1, -0.05) is 6.42 Å². The number of nitrogens with zero attached hydrogens (tertiary/aromatic N) is 2. The molecule has 20 heavy (non-hydrogen) atoms. The fourth-order valence-electron chi connectivity index (χ4n) is 2.55. The third-order valence-corrected chi connectivity index (χ3v) is 5.38. The van der Waals surface area contributed by atoms with E-state index in [-0.39, 0.29) is 5.75 Å². The molecule has 118 valence electrons. The molecule has 0 aromatic carbocycles. The second-order valence-corrected chi connectivity index (χ2v) is 7.89. The summed E-state index contributed by atoms with van der Waals surface area (Å²) in [6.45, 7) is 2.38. The molecule has 0 saturated carbocycles. The zero-order chi connectivity index (χ0) is 15.2. The standard InChI is InChI=1S/C13H26N2O4S/c1-14(9-10-20(18,19)11-13(16)17)8-6-12-5-3-4-7-15(12)2/h12H,3-11H2,1-2H3,(H,16,17). The van der Waals surface area contributed by atoms with Crippen molar-refractivity contribution in [2.45, 2.75) is 31.7 Å². The molecule has 0 spiro atoms. The van der Waals surface area contributed by atoms with E-state index >= 15 is 0 Å². The van der Waals surface area contributed by atoms with Gasteiger partial charge in [-0.25, -0.2) is 8.42 Å². The van der Waals surface area contributed by atoms with Gasteiger partial charge in [-0.3, -0.25) is 4.79 Å². The highest BCUT2D eigenvalue weighted by Crippen LogP contribution is 2.17. The van der Waals surface area contributed by atoms with Gasteiger partial charge in [0.15, 0.2) is 9.84 Å². The number of likely N-dealkylation sites (tertiary alicyclic amines) is 1. The smallest absolute Gasteiger partial charge is 0.318 e. The number of hydrogen-bond donors (Lipinski definition) is 1. The van der Waals surface area contributed by atoms with Crippen molar-refractivity contribution in [1.82, 2.24) is 9.80 Å². The lowest BCUT2D eigenvalue weighted by Crippen LogP contribution is -2.39. The Labute approximate surface area is 121 Å². The van der Waals surface area contributed by atoms with Crippen molar-refractivity contribution >= 4 is 15.8 Å². The van der Waals surface area contributed by atoms with Crippen LogP contribution in [0.15, 0.2) is 0 Å². The number of carboxylic acids is 1. The first kappa shape index (κ1) is 17.4. The lowest BCUT2D eigenvalue weighted by Gasteiger charge is -2.33. The first-order valence-electron chi connectivity index (χ1n) is 7.11. The van der Waals surface area contributed by atoms with Crippen LogP contribution in [0.25, 0.3) is 0 Å². The Morgan fingerprint density at radius 2 is 2.05 bits per heavy atom. The molecular formula is C13H26N2O4S. The van der Waals surface area contributed by atoms with Crippen molar-refractivity contribution in [3.8, 4) is 0 Å². The number of rotatable bonds is 8. The second kappa shape index (κ2) is 7.95. The summed E-state index contributed by atoms with van der Waals surface area (Å²) in [6.07, 6.45) is 4.77. The number of carbonyl (C=O) groups is 1. The summed E-state index contributed by atoms with van der Waals surface area (Å²) < 4.78 is 23.0. The average molecular weight is 306 g/mol. The lowest BCUT2D eigenvalue weighted by molar-refractivity contribution is -0.134. The molecule has 1 N–H and O–H groups in total. The van der Waals surface area contributed by atoms with Crippen LogP contribution in [0.5, 0.6) is 0 Å². The first-order valence-corrected chi connectivity index (χ1v) is 8.93. The number of piperidine rings is 1. The number of sulfone groups is 1. The van der Waals surface area contributed by atoms with Crippen LogP contribution in [-0.4, -0.2) is 80.6 Å². The van der Waals surface area contributed by atoms with Crippen molar-refractivity contribution in [1.29, 1.82) is 0 Å². The van der Waals surface area contributed by atoms with Gasteiger partial charge in [0.1, 0.15) is 5.75 Å². The van der Waals surface area contributed by atoms with Crippen LogP contribution in [0, 0.1) is 0 Å². The molecule has 1 atom stereocenters. The summed E-state index contributed by atoms with van der Waals surface area (Å²) in [5, 5.41) is 8.52. The average Bonchev–Trinajstić information content (AvgIpc) is 2.34. The van der Waals surface area contributed by atoms with Crippen molar-refractivity contribution in [2.75, 3.05) is 45.2 Å². The molecule has 1 saturated heterocycles. The van der Waals surface area contributed by atoms with Gasteiger partial charge in [0, 0.05) is 12.6 Å². The quantitative estimate of drug-likeness (QED) is 0.694. The van der Waals surface area contributed by atoms with E-state index in [1.54, 1.807) is 0 Å². The molecule has 1 unspecified atom stereocenters. The van der Waals surface area contributed by atoms with Crippen LogP contribution in [-0.2, 0) is 14.6 Å². The summed E-state index contributed by atoms with van der Waals surface area (Å²) in [5.74, 6) is -2.14. The highest BCUT2D eigenvalue weighted by molar-refractivity contribution is 7.92. The van der Waals surface area contributed by atoms with Crippen LogP contribution >= 0.6 is 0 Å². The van der Waals surface area contributed by atoms with Gasteiger partial charge in [-0.05, 0) is 46.4 Å². The summed E-state index contributed by atoms with van der Waals surface area (Å²) in [4.78, 5) is 14.8. The van der Waals surface area contributed by atoms with Crippen LogP contribution in [0.1, 0.15) is 25.7 Å². The van der Waals surface area contributed by atoms with Gasteiger partial charge in [0.2, 0.25) is 0 Å². The van der Waals surface area contributed by atoms with E-state index in [4.69, 9.17) is 5.11 Å². The molecule has 1 fully saturated rings. The van der Waals surface area contributed by atoms with E-state index < -0.39 is 21.6 Å². The zero-order valence-electron chi connectivity index (χ0n) is 12.4. The predicted octanol–water partition coefficient (Wildman–Crippen LogP) is 0.292. The van der Waals surface area contributed by atoms with Gasteiger partial charge in [-0.2, -0.15) is 0 Å². The summed E-state index contributed by atoms with van der Waals surface area (Å²) in [6, 6.07) is 0.585. The van der Waals surface area contributed by atoms with Gasteiger partial charge in [-0.15, -0.1) is 0 Å². The van der Waals surface area contributed by atoms with Crippen LogP contribution in [0.2, 0.25) is 0 Å². The number of hydrogen-bond acceptors (Lipinski definition) is 5. The third-order valence-electron chi connectivity index (χ3n) is 3.89. The number of carboxylic acid groups (broad SMARTS) is 1. The molecule has 0 bridgehead atoms. The molecule has 7 heteroatoms. The zero-order valence-corrected chi connectivity index (χ0v) is 13.2. The Hall–Kier alpha value is -0.660. The molecule has 0 aromatic heterocycles. The second-order valence-electron chi connectivity index (χ2n) is 5.71. The molecule has 0 radical (unpaired) electrons. The molecule has 1 rings (SSSR count). The van der Waals surface area contributed by atoms with E-state index in [1.807, 2.05) is 11.9 Å². The van der Waals surface area contributed by atoms with Crippen molar-refractivity contribution < 1.29 is 18.3 Å². The predicted molar refractivity (Wildman–Crippen MR) is 78.7 cm³/mol. The van der Waals surface area contributed by atoms with Gasteiger partial charge in [0.05, 0.1) is 5.75 Å². The molecule has 0 aromatic rings. The summed E-state index contributed by atoms with van der Waals surface area (Å²) in [5.41, 5.74) is 0. The topological polar surface area (TPSA) is 77.9 Å². The van der Waals surface area contributed by atoms with Gasteiger partial charge >= 0.3 is 5.97 Å². The fraction of sp³-hybridized carbons (Fsp3) is 0.923. The van der Waals surface area contributed by atoms with Crippen molar-refractivity contribution in [3.63, 3.8) is 0 Å². The molecular weight excluding hydrogens is 280 g/mol. The van der Waals surface area contributed by atoms with E-state index in [2.05, 4.69) is 11.9 Å². The monoisotopic (exact) mass is 306 g/mol. The molecule has 1 aliphatic heterocycles. The summed E-state index contributed by atoms with van der Waals surface area (Å²) in [7, 11) is 0.547. The minimum absolute atomic E-state index is 0.0870. The SMILES string of the molecule is CN(CCC1CCCCN1C)CCS(=O)(=O)CC(=O)O. The maximum Gasteiger partial charge on any atom is 0.318 e. The van der Waals surface area contributed by atoms with Crippen molar-refractivity contribution in [2.24, 2.45) is 0 Å². The van der Waals surface area contributed by atoms with E-state index in [1.165, 1.54) is 19.3 Å². The highest BCUT2D eigenvalue weighted by atomic mass is 32.2. The van der Waals surface area contributed by atoms with Gasteiger partial charge in [0.25, 0.3) is 0 Å². The maximum absolute atomic E-state index is 11.5. The lowest BCUT2D eigenvalue weighted by atomic mass is 10.00. The Balaban J connectivity index is 2.26.